The molecule has 0 radical (unpaired) electrons. The van der Waals surface area contributed by atoms with E-state index in [4.69, 9.17) is 8.83 Å². The van der Waals surface area contributed by atoms with Gasteiger partial charge in [0, 0.05) is 16.6 Å². The fraction of sp³-hybridized carbons (Fsp3) is 0.143. The first-order chi connectivity index (χ1) is 9.83. The first kappa shape index (κ1) is 13.1. The SMILES string of the molecule is Brc1ccccc1-c1nnc(CNCc2ccoc2)o1. The summed E-state index contributed by atoms with van der Waals surface area (Å²) in [5.41, 5.74) is 1.97. The zero-order chi connectivity index (χ0) is 13.8. The van der Waals surface area contributed by atoms with Crippen molar-refractivity contribution in [3.8, 4) is 11.5 Å². The molecule has 6 heteroatoms. The van der Waals surface area contributed by atoms with Crippen molar-refractivity contribution in [2.24, 2.45) is 0 Å². The van der Waals surface area contributed by atoms with Crippen LogP contribution in [-0.4, -0.2) is 10.2 Å². The highest BCUT2D eigenvalue weighted by Crippen LogP contribution is 2.26. The van der Waals surface area contributed by atoms with Crippen LogP contribution >= 0.6 is 15.9 Å². The first-order valence-electron chi connectivity index (χ1n) is 6.12. The van der Waals surface area contributed by atoms with Crippen LogP contribution in [0.5, 0.6) is 0 Å². The molecule has 20 heavy (non-hydrogen) atoms. The quantitative estimate of drug-likeness (QED) is 0.775. The molecule has 0 bridgehead atoms. The summed E-state index contributed by atoms with van der Waals surface area (Å²) in [4.78, 5) is 0. The second-order valence-corrected chi connectivity index (χ2v) is 5.07. The first-order valence-corrected chi connectivity index (χ1v) is 6.91. The summed E-state index contributed by atoms with van der Waals surface area (Å²) in [6, 6.07) is 9.66. The van der Waals surface area contributed by atoms with Crippen molar-refractivity contribution in [3.63, 3.8) is 0 Å². The number of nitrogens with one attached hydrogen (secondary N) is 1. The highest BCUT2D eigenvalue weighted by atomic mass is 79.9. The molecule has 102 valence electrons. The summed E-state index contributed by atoms with van der Waals surface area (Å²) in [6.07, 6.45) is 3.35. The van der Waals surface area contributed by atoms with E-state index in [9.17, 15) is 0 Å². The van der Waals surface area contributed by atoms with E-state index < -0.39 is 0 Å². The predicted molar refractivity (Wildman–Crippen MR) is 76.7 cm³/mol. The van der Waals surface area contributed by atoms with Gasteiger partial charge >= 0.3 is 0 Å². The molecule has 0 aliphatic heterocycles. The zero-order valence-electron chi connectivity index (χ0n) is 10.5. The van der Waals surface area contributed by atoms with E-state index in [0.717, 1.165) is 15.6 Å². The van der Waals surface area contributed by atoms with Crippen LogP contribution in [0.15, 0.2) is 56.2 Å². The normalized spacial score (nSPS) is 10.8. The van der Waals surface area contributed by atoms with Gasteiger partial charge in [-0.3, -0.25) is 0 Å². The number of furan rings is 1. The molecular formula is C14H12BrN3O2. The standard InChI is InChI=1S/C14H12BrN3O2/c15-12-4-2-1-3-11(12)14-18-17-13(20-14)8-16-7-10-5-6-19-9-10/h1-6,9,16H,7-8H2. The number of benzene rings is 1. The molecule has 3 rings (SSSR count). The van der Waals surface area contributed by atoms with Crippen molar-refractivity contribution in [3.05, 3.63) is 58.8 Å². The van der Waals surface area contributed by atoms with E-state index in [1.807, 2.05) is 30.3 Å². The third-order valence-corrected chi connectivity index (χ3v) is 3.45. The van der Waals surface area contributed by atoms with Gasteiger partial charge in [-0.1, -0.05) is 12.1 Å². The minimum absolute atomic E-state index is 0.512. The van der Waals surface area contributed by atoms with Gasteiger partial charge in [0.1, 0.15) is 0 Å². The van der Waals surface area contributed by atoms with Gasteiger partial charge in [0.15, 0.2) is 0 Å². The van der Waals surface area contributed by atoms with Gasteiger partial charge in [0.2, 0.25) is 11.8 Å². The van der Waals surface area contributed by atoms with E-state index >= 15 is 0 Å². The van der Waals surface area contributed by atoms with Gasteiger partial charge in [0.25, 0.3) is 0 Å². The molecule has 0 spiro atoms. The van der Waals surface area contributed by atoms with E-state index in [2.05, 4.69) is 31.4 Å². The molecule has 0 fully saturated rings. The van der Waals surface area contributed by atoms with Gasteiger partial charge in [-0.25, -0.2) is 0 Å². The van der Waals surface area contributed by atoms with E-state index in [1.54, 1.807) is 12.5 Å². The lowest BCUT2D eigenvalue weighted by Crippen LogP contribution is -2.12. The molecule has 0 atom stereocenters. The maximum Gasteiger partial charge on any atom is 0.248 e. The Balaban J connectivity index is 1.64. The van der Waals surface area contributed by atoms with Gasteiger partial charge in [0.05, 0.1) is 24.6 Å². The Morgan fingerprint density at radius 3 is 2.80 bits per heavy atom. The third-order valence-electron chi connectivity index (χ3n) is 2.76. The number of halogens is 1. The Labute approximate surface area is 124 Å². The second-order valence-electron chi connectivity index (χ2n) is 4.22. The molecule has 3 aromatic rings. The second kappa shape index (κ2) is 6.02. The molecular weight excluding hydrogens is 322 g/mol. The Bertz CT molecular complexity index is 679. The maximum absolute atomic E-state index is 5.63. The lowest BCUT2D eigenvalue weighted by atomic mass is 10.2. The number of nitrogens with zero attached hydrogens (tertiary/aromatic N) is 2. The number of hydrogen-bond donors (Lipinski definition) is 1. The topological polar surface area (TPSA) is 64.1 Å². The highest BCUT2D eigenvalue weighted by Gasteiger charge is 2.10. The van der Waals surface area contributed by atoms with Crippen molar-refractivity contribution in [1.82, 2.24) is 15.5 Å². The Morgan fingerprint density at radius 2 is 2.00 bits per heavy atom. The fourth-order valence-corrected chi connectivity index (χ4v) is 2.23. The third kappa shape index (κ3) is 2.97. The Kier molecular flexibility index (Phi) is 3.94. The van der Waals surface area contributed by atoms with Crippen molar-refractivity contribution in [1.29, 1.82) is 0 Å². The maximum atomic E-state index is 5.63. The van der Waals surface area contributed by atoms with E-state index in [0.29, 0.717) is 24.9 Å². The smallest absolute Gasteiger partial charge is 0.248 e. The summed E-state index contributed by atoms with van der Waals surface area (Å²) in [6.45, 7) is 1.21. The zero-order valence-corrected chi connectivity index (χ0v) is 12.1. The Morgan fingerprint density at radius 1 is 1.10 bits per heavy atom. The van der Waals surface area contributed by atoms with Crippen LogP contribution in [0.4, 0.5) is 0 Å². The molecule has 2 aromatic heterocycles. The molecule has 0 amide bonds. The van der Waals surface area contributed by atoms with Gasteiger partial charge in [-0.2, -0.15) is 0 Å². The monoisotopic (exact) mass is 333 g/mol. The largest absolute Gasteiger partial charge is 0.472 e. The molecule has 5 nitrogen and oxygen atoms in total. The average molecular weight is 334 g/mol. The minimum atomic E-state index is 0.512. The van der Waals surface area contributed by atoms with Gasteiger partial charge in [-0.15, -0.1) is 10.2 Å². The molecule has 0 saturated heterocycles. The minimum Gasteiger partial charge on any atom is -0.472 e. The molecule has 1 aromatic carbocycles. The van der Waals surface area contributed by atoms with Crippen molar-refractivity contribution in [2.75, 3.05) is 0 Å². The molecule has 0 aliphatic carbocycles. The Hall–Kier alpha value is -1.92. The van der Waals surface area contributed by atoms with Gasteiger partial charge < -0.3 is 14.2 Å². The van der Waals surface area contributed by atoms with Crippen LogP contribution in [0, 0.1) is 0 Å². The van der Waals surface area contributed by atoms with Crippen LogP contribution in [0.25, 0.3) is 11.5 Å². The fourth-order valence-electron chi connectivity index (χ4n) is 1.78. The lowest BCUT2D eigenvalue weighted by molar-refractivity contribution is 0.476. The number of hydrogen-bond acceptors (Lipinski definition) is 5. The van der Waals surface area contributed by atoms with Crippen LogP contribution in [-0.2, 0) is 13.1 Å². The number of rotatable bonds is 5. The summed E-state index contributed by atoms with van der Waals surface area (Å²) in [5.74, 6) is 1.07. The molecule has 0 saturated carbocycles. The lowest BCUT2D eigenvalue weighted by Gasteiger charge is -1.99. The molecule has 0 aliphatic rings. The van der Waals surface area contributed by atoms with Gasteiger partial charge in [-0.05, 0) is 34.1 Å². The molecule has 0 unspecified atom stereocenters. The van der Waals surface area contributed by atoms with Crippen molar-refractivity contribution < 1.29 is 8.83 Å². The summed E-state index contributed by atoms with van der Waals surface area (Å²) < 4.78 is 11.6. The van der Waals surface area contributed by atoms with Crippen molar-refractivity contribution in [2.45, 2.75) is 13.1 Å². The van der Waals surface area contributed by atoms with Crippen LogP contribution < -0.4 is 5.32 Å². The van der Waals surface area contributed by atoms with Crippen LogP contribution in [0.3, 0.4) is 0 Å². The van der Waals surface area contributed by atoms with Crippen molar-refractivity contribution >= 4 is 15.9 Å². The summed E-state index contributed by atoms with van der Waals surface area (Å²) >= 11 is 3.47. The van der Waals surface area contributed by atoms with Crippen LogP contribution in [0.2, 0.25) is 0 Å². The van der Waals surface area contributed by atoms with E-state index in [-0.39, 0.29) is 0 Å². The molecule has 2 heterocycles. The van der Waals surface area contributed by atoms with E-state index in [1.165, 1.54) is 0 Å². The average Bonchev–Trinajstić information content (AvgIpc) is 3.11. The summed E-state index contributed by atoms with van der Waals surface area (Å²) in [5, 5.41) is 11.3. The number of aromatic nitrogens is 2. The summed E-state index contributed by atoms with van der Waals surface area (Å²) in [7, 11) is 0. The molecule has 1 N–H and O–H groups in total. The highest BCUT2D eigenvalue weighted by molar-refractivity contribution is 9.10. The predicted octanol–water partition coefficient (Wildman–Crippen LogP) is 3.38. The van der Waals surface area contributed by atoms with Crippen LogP contribution in [0.1, 0.15) is 11.5 Å².